The Labute approximate surface area is 62.6 Å². The van der Waals surface area contributed by atoms with Gasteiger partial charge >= 0.3 is 0 Å². The van der Waals surface area contributed by atoms with Crippen LogP contribution in [-0.4, -0.2) is 36.1 Å². The highest BCUT2D eigenvalue weighted by Gasteiger charge is 2.50. The molecule has 0 aliphatic carbocycles. The van der Waals surface area contributed by atoms with Crippen molar-refractivity contribution in [2.24, 2.45) is 0 Å². The van der Waals surface area contributed by atoms with Gasteiger partial charge in [0.25, 0.3) is 0 Å². The molecule has 0 spiro atoms. The Hall–Kier alpha value is -0.0800. The first-order chi connectivity index (χ1) is 4.86. The molecule has 0 aromatic carbocycles. The summed E-state index contributed by atoms with van der Waals surface area (Å²) in [4.78, 5) is 2.59. The van der Waals surface area contributed by atoms with Gasteiger partial charge in [0.15, 0.2) is 0 Å². The van der Waals surface area contributed by atoms with Crippen molar-refractivity contribution >= 4 is 0 Å². The number of nitrogens with one attached hydrogen (secondary N) is 1. The second kappa shape index (κ2) is 2.21. The van der Waals surface area contributed by atoms with Crippen molar-refractivity contribution < 1.29 is 0 Å². The molecule has 0 saturated carbocycles. The lowest BCUT2D eigenvalue weighted by atomic mass is 10.1. The predicted octanol–water partition coefficient (Wildman–Crippen LogP) is 0.441. The van der Waals surface area contributed by atoms with E-state index in [0.29, 0.717) is 0 Å². The van der Waals surface area contributed by atoms with Crippen molar-refractivity contribution in [3.05, 3.63) is 0 Å². The van der Waals surface area contributed by atoms with E-state index < -0.39 is 0 Å². The number of fused-ring (bicyclic) bond motifs is 1. The van der Waals surface area contributed by atoms with E-state index >= 15 is 0 Å². The highest BCUT2D eigenvalue weighted by molar-refractivity contribution is 5.12. The smallest absolute Gasteiger partial charge is 0.0393 e. The van der Waals surface area contributed by atoms with Gasteiger partial charge in [-0.1, -0.05) is 13.8 Å². The average Bonchev–Trinajstić information content (AvgIpc) is 2.63. The summed E-state index contributed by atoms with van der Waals surface area (Å²) in [6.45, 7) is 7.07. The summed E-state index contributed by atoms with van der Waals surface area (Å²) in [6.07, 6.45) is 1.31. The minimum absolute atomic E-state index is 0.843. The molecule has 0 bridgehead atoms. The van der Waals surface area contributed by atoms with Gasteiger partial charge in [-0.25, -0.2) is 0 Å². The molecular formula is C8H16N2. The average molecular weight is 140 g/mol. The SMILES string of the molecule is CCC1C2NC2CN1CC. The molecule has 2 saturated heterocycles. The molecule has 1 N–H and O–H groups in total. The van der Waals surface area contributed by atoms with E-state index in [-0.39, 0.29) is 0 Å². The Morgan fingerprint density at radius 2 is 2.30 bits per heavy atom. The van der Waals surface area contributed by atoms with Gasteiger partial charge in [-0.05, 0) is 13.0 Å². The number of likely N-dealkylation sites (N-methyl/N-ethyl adjacent to an activating group) is 1. The molecule has 2 rings (SSSR count). The lowest BCUT2D eigenvalue weighted by Gasteiger charge is -2.23. The van der Waals surface area contributed by atoms with Crippen LogP contribution in [0.15, 0.2) is 0 Å². The van der Waals surface area contributed by atoms with Gasteiger partial charge in [0.1, 0.15) is 0 Å². The molecule has 2 fully saturated rings. The second-order valence-corrected chi connectivity index (χ2v) is 3.36. The summed E-state index contributed by atoms with van der Waals surface area (Å²) in [5, 5.41) is 3.49. The van der Waals surface area contributed by atoms with Crippen LogP contribution in [0.5, 0.6) is 0 Å². The van der Waals surface area contributed by atoms with Crippen molar-refractivity contribution in [2.75, 3.05) is 13.1 Å². The number of nitrogens with zero attached hydrogens (tertiary/aromatic N) is 1. The summed E-state index contributed by atoms with van der Waals surface area (Å²) in [6, 6.07) is 2.55. The first-order valence-corrected chi connectivity index (χ1v) is 4.37. The third-order valence-electron chi connectivity index (χ3n) is 2.87. The van der Waals surface area contributed by atoms with E-state index in [0.717, 1.165) is 18.1 Å². The van der Waals surface area contributed by atoms with Crippen LogP contribution in [-0.2, 0) is 0 Å². The van der Waals surface area contributed by atoms with Crippen molar-refractivity contribution in [1.29, 1.82) is 0 Å². The Kier molecular flexibility index (Phi) is 1.46. The molecule has 2 aliphatic heterocycles. The molecule has 2 nitrogen and oxygen atoms in total. The maximum Gasteiger partial charge on any atom is 0.0393 e. The maximum absolute atomic E-state index is 3.49. The third kappa shape index (κ3) is 0.789. The summed E-state index contributed by atoms with van der Waals surface area (Å²) in [5.74, 6) is 0. The number of hydrogen-bond acceptors (Lipinski definition) is 2. The summed E-state index contributed by atoms with van der Waals surface area (Å²) < 4.78 is 0. The number of rotatable bonds is 2. The topological polar surface area (TPSA) is 25.2 Å². The zero-order valence-corrected chi connectivity index (χ0v) is 6.80. The minimum atomic E-state index is 0.843. The van der Waals surface area contributed by atoms with Crippen LogP contribution in [0.1, 0.15) is 20.3 Å². The van der Waals surface area contributed by atoms with Gasteiger partial charge in [0.2, 0.25) is 0 Å². The van der Waals surface area contributed by atoms with Crippen LogP contribution in [0.2, 0.25) is 0 Å². The molecular weight excluding hydrogens is 124 g/mol. The third-order valence-corrected chi connectivity index (χ3v) is 2.87. The Balaban J connectivity index is 1.98. The van der Waals surface area contributed by atoms with Gasteiger partial charge in [-0.2, -0.15) is 0 Å². The predicted molar refractivity (Wildman–Crippen MR) is 42.0 cm³/mol. The molecule has 3 unspecified atom stereocenters. The maximum atomic E-state index is 3.49. The van der Waals surface area contributed by atoms with E-state index in [9.17, 15) is 0 Å². The zero-order valence-electron chi connectivity index (χ0n) is 6.80. The highest BCUT2D eigenvalue weighted by Crippen LogP contribution is 2.30. The van der Waals surface area contributed by atoms with E-state index in [1.165, 1.54) is 19.5 Å². The molecule has 0 amide bonds. The van der Waals surface area contributed by atoms with E-state index in [1.807, 2.05) is 0 Å². The van der Waals surface area contributed by atoms with Crippen LogP contribution < -0.4 is 5.32 Å². The van der Waals surface area contributed by atoms with Gasteiger partial charge in [0.05, 0.1) is 0 Å². The van der Waals surface area contributed by atoms with Crippen molar-refractivity contribution in [2.45, 2.75) is 38.4 Å². The van der Waals surface area contributed by atoms with Crippen LogP contribution in [0, 0.1) is 0 Å². The Bertz CT molecular complexity index is 135. The molecule has 0 radical (unpaired) electrons. The highest BCUT2D eigenvalue weighted by atomic mass is 15.4. The Morgan fingerprint density at radius 3 is 2.80 bits per heavy atom. The molecule has 3 atom stereocenters. The molecule has 2 heteroatoms. The summed E-state index contributed by atoms with van der Waals surface area (Å²) in [7, 11) is 0. The van der Waals surface area contributed by atoms with Crippen LogP contribution >= 0.6 is 0 Å². The quantitative estimate of drug-likeness (QED) is 0.563. The Morgan fingerprint density at radius 1 is 1.50 bits per heavy atom. The van der Waals surface area contributed by atoms with E-state index in [1.54, 1.807) is 0 Å². The molecule has 2 heterocycles. The van der Waals surface area contributed by atoms with E-state index in [4.69, 9.17) is 0 Å². The number of hydrogen-bond donors (Lipinski definition) is 1. The number of likely N-dealkylation sites (tertiary alicyclic amines) is 1. The largest absolute Gasteiger partial charge is 0.305 e. The van der Waals surface area contributed by atoms with Gasteiger partial charge < -0.3 is 5.32 Å². The summed E-state index contributed by atoms with van der Waals surface area (Å²) in [5.41, 5.74) is 0. The molecule has 0 aromatic rings. The lowest BCUT2D eigenvalue weighted by molar-refractivity contribution is 0.234. The zero-order chi connectivity index (χ0) is 7.14. The fourth-order valence-electron chi connectivity index (χ4n) is 2.23. The standard InChI is InChI=1S/C8H16N2/c1-3-7-8-6(9-8)5-10(7)4-2/h6-9H,3-5H2,1-2H3. The lowest BCUT2D eigenvalue weighted by Crippen LogP contribution is -2.36. The van der Waals surface area contributed by atoms with Gasteiger partial charge in [-0.15, -0.1) is 0 Å². The monoisotopic (exact) mass is 140 g/mol. The van der Waals surface area contributed by atoms with E-state index in [2.05, 4.69) is 24.1 Å². The van der Waals surface area contributed by atoms with Gasteiger partial charge in [-0.3, -0.25) is 4.90 Å². The molecule has 0 aromatic heterocycles. The van der Waals surface area contributed by atoms with Crippen molar-refractivity contribution in [1.82, 2.24) is 10.2 Å². The van der Waals surface area contributed by atoms with Crippen LogP contribution in [0.4, 0.5) is 0 Å². The summed E-state index contributed by atoms with van der Waals surface area (Å²) >= 11 is 0. The normalized spacial score (nSPS) is 45.6. The first-order valence-electron chi connectivity index (χ1n) is 4.37. The number of piperazine rings is 1. The molecule has 2 aliphatic rings. The molecule has 58 valence electrons. The van der Waals surface area contributed by atoms with Crippen LogP contribution in [0.25, 0.3) is 0 Å². The fourth-order valence-corrected chi connectivity index (χ4v) is 2.23. The van der Waals surface area contributed by atoms with Crippen molar-refractivity contribution in [3.63, 3.8) is 0 Å². The first kappa shape index (κ1) is 6.62. The molecule has 10 heavy (non-hydrogen) atoms. The van der Waals surface area contributed by atoms with Crippen LogP contribution in [0.3, 0.4) is 0 Å². The fraction of sp³-hybridized carbons (Fsp3) is 1.00. The second-order valence-electron chi connectivity index (χ2n) is 3.36. The van der Waals surface area contributed by atoms with Crippen molar-refractivity contribution in [3.8, 4) is 0 Å². The van der Waals surface area contributed by atoms with Gasteiger partial charge in [0, 0.05) is 24.7 Å². The minimum Gasteiger partial charge on any atom is -0.305 e.